The van der Waals surface area contributed by atoms with Gasteiger partial charge in [-0.25, -0.2) is 29.3 Å². The molecule has 0 saturated carbocycles. The molecule has 0 aromatic carbocycles. The van der Waals surface area contributed by atoms with Crippen molar-refractivity contribution in [1.82, 2.24) is 19.9 Å². The van der Waals surface area contributed by atoms with Crippen LogP contribution in [0, 0.1) is 0 Å². The van der Waals surface area contributed by atoms with Gasteiger partial charge in [-0.3, -0.25) is 4.90 Å². The van der Waals surface area contributed by atoms with E-state index in [2.05, 4.69) is 4.98 Å². The molecule has 0 spiro atoms. The normalized spacial score (nSPS) is 18.4. The molecule has 0 N–H and O–H groups in total. The molecule has 1 aliphatic heterocycles. The number of ether oxygens (including phenoxy) is 4. The van der Waals surface area contributed by atoms with Crippen LogP contribution in [0.3, 0.4) is 0 Å². The van der Waals surface area contributed by atoms with Crippen LogP contribution in [-0.4, -0.2) is 69.0 Å². The smallest absolute Gasteiger partial charge is 0.413 e. The van der Waals surface area contributed by atoms with Gasteiger partial charge in [0.2, 0.25) is 0 Å². The molecule has 1 aliphatic rings. The highest BCUT2D eigenvalue weighted by molar-refractivity contribution is 7.13. The van der Waals surface area contributed by atoms with Gasteiger partial charge in [0.25, 0.3) is 0 Å². The fourth-order valence-electron chi connectivity index (χ4n) is 4.35. The largest absolute Gasteiger partial charge is 0.464 e. The summed E-state index contributed by atoms with van der Waals surface area (Å²) in [6, 6.07) is 2.72. The summed E-state index contributed by atoms with van der Waals surface area (Å²) in [5.74, 6) is -1.10. The molecule has 3 aromatic rings. The summed E-state index contributed by atoms with van der Waals surface area (Å²) in [7, 11) is 1.28. The van der Waals surface area contributed by atoms with Gasteiger partial charge in [-0.2, -0.15) is 0 Å². The van der Waals surface area contributed by atoms with Crippen molar-refractivity contribution < 1.29 is 33.3 Å². The topological polar surface area (TPSA) is 130 Å². The second kappa shape index (κ2) is 11.2. The number of methoxy groups -OCH3 is 1. The lowest BCUT2D eigenvalue weighted by molar-refractivity contribution is -0.0757. The fourth-order valence-corrected chi connectivity index (χ4v) is 6.09. The van der Waals surface area contributed by atoms with Crippen LogP contribution in [0.5, 0.6) is 0 Å². The molecule has 0 bridgehead atoms. The van der Waals surface area contributed by atoms with Crippen molar-refractivity contribution in [3.63, 3.8) is 0 Å². The van der Waals surface area contributed by atoms with E-state index in [4.69, 9.17) is 28.9 Å². The van der Waals surface area contributed by atoms with E-state index in [1.807, 2.05) is 20.8 Å². The van der Waals surface area contributed by atoms with Gasteiger partial charge in [0.05, 0.1) is 31.1 Å². The Bertz CT molecular complexity index is 1430. The molecule has 1 amide bonds. The predicted octanol–water partition coefficient (Wildman–Crippen LogP) is 5.72. The quantitative estimate of drug-likeness (QED) is 0.260. The third-order valence-corrected chi connectivity index (χ3v) is 7.67. The molecule has 1 fully saturated rings. The van der Waals surface area contributed by atoms with Gasteiger partial charge in [-0.15, -0.1) is 22.7 Å². The highest BCUT2D eigenvalue weighted by Gasteiger charge is 2.51. The Balaban J connectivity index is 1.76. The van der Waals surface area contributed by atoms with Crippen LogP contribution in [0.15, 0.2) is 22.9 Å². The Morgan fingerprint density at radius 3 is 2.42 bits per heavy atom. The zero-order chi connectivity index (χ0) is 29.4. The lowest BCUT2D eigenvalue weighted by Crippen LogP contribution is -2.47. The summed E-state index contributed by atoms with van der Waals surface area (Å²) in [6.07, 6.45) is -0.890. The summed E-state index contributed by atoms with van der Waals surface area (Å²) in [6.45, 7) is 12.8. The summed E-state index contributed by atoms with van der Waals surface area (Å²) in [5, 5.41) is 4.43. The molecule has 3 aromatic heterocycles. The van der Waals surface area contributed by atoms with Crippen molar-refractivity contribution in [1.29, 1.82) is 0 Å². The molecule has 0 aliphatic carbocycles. The monoisotopic (exact) mass is 588 g/mol. The Morgan fingerprint density at radius 2 is 1.77 bits per heavy atom. The average Bonchev–Trinajstić information content (AvgIpc) is 3.59. The van der Waals surface area contributed by atoms with E-state index in [9.17, 15) is 14.4 Å². The first-order chi connectivity index (χ1) is 18.8. The summed E-state index contributed by atoms with van der Waals surface area (Å²) in [4.78, 5) is 53.4. The van der Waals surface area contributed by atoms with Crippen LogP contribution in [0.25, 0.3) is 22.1 Å². The molecule has 0 unspecified atom stereocenters. The molecule has 11 nitrogen and oxygen atoms in total. The first kappa shape index (κ1) is 29.6. The SMILES string of the molecule is CCOC(=O)c1ccc(-c2nc(C(=O)OC)cs2)nc1-c1csc([C@@H]2[C@@H](C)OC(C)(C)N2C(=O)OC(C)(C)C)n1. The van der Waals surface area contributed by atoms with Gasteiger partial charge in [0.1, 0.15) is 38.8 Å². The first-order valence-corrected chi connectivity index (χ1v) is 14.4. The number of thiazole rings is 2. The van der Waals surface area contributed by atoms with E-state index in [1.54, 1.807) is 55.5 Å². The minimum absolute atomic E-state index is 0.163. The highest BCUT2D eigenvalue weighted by atomic mass is 32.1. The van der Waals surface area contributed by atoms with Crippen LogP contribution in [-0.2, 0) is 18.9 Å². The number of carbonyl (C=O) groups is 3. The molecule has 214 valence electrons. The Hall–Kier alpha value is -3.42. The van der Waals surface area contributed by atoms with Crippen LogP contribution >= 0.6 is 22.7 Å². The minimum atomic E-state index is -0.936. The maximum Gasteiger partial charge on any atom is 0.413 e. The summed E-state index contributed by atoms with van der Waals surface area (Å²) >= 11 is 2.55. The number of aromatic nitrogens is 3. The molecule has 4 heterocycles. The highest BCUT2D eigenvalue weighted by Crippen LogP contribution is 2.44. The van der Waals surface area contributed by atoms with E-state index in [0.29, 0.717) is 27.1 Å². The average molecular weight is 589 g/mol. The number of esters is 2. The molecular formula is C27H32N4O7S2. The van der Waals surface area contributed by atoms with Crippen LogP contribution in [0.2, 0.25) is 0 Å². The van der Waals surface area contributed by atoms with Crippen molar-refractivity contribution >= 4 is 40.7 Å². The molecular weight excluding hydrogens is 556 g/mol. The van der Waals surface area contributed by atoms with E-state index in [1.165, 1.54) is 29.8 Å². The zero-order valence-electron chi connectivity index (χ0n) is 23.6. The van der Waals surface area contributed by atoms with Gasteiger partial charge in [0.15, 0.2) is 5.69 Å². The number of rotatable bonds is 6. The molecule has 13 heteroatoms. The molecule has 4 rings (SSSR count). The molecule has 2 atom stereocenters. The molecule has 1 saturated heterocycles. The van der Waals surface area contributed by atoms with Crippen LogP contribution < -0.4 is 0 Å². The minimum Gasteiger partial charge on any atom is -0.464 e. The van der Waals surface area contributed by atoms with Crippen LogP contribution in [0.1, 0.15) is 80.4 Å². The van der Waals surface area contributed by atoms with E-state index in [-0.39, 0.29) is 24.0 Å². The van der Waals surface area contributed by atoms with Gasteiger partial charge in [-0.05, 0) is 60.6 Å². The van der Waals surface area contributed by atoms with Crippen molar-refractivity contribution in [3.8, 4) is 22.1 Å². The van der Waals surface area contributed by atoms with Gasteiger partial charge >= 0.3 is 18.0 Å². The number of amides is 1. The Kier molecular flexibility index (Phi) is 8.29. The number of hydrogen-bond donors (Lipinski definition) is 0. The van der Waals surface area contributed by atoms with Gasteiger partial charge in [0, 0.05) is 10.8 Å². The molecule has 40 heavy (non-hydrogen) atoms. The van der Waals surface area contributed by atoms with Crippen molar-refractivity contribution in [2.75, 3.05) is 13.7 Å². The second-order valence-corrected chi connectivity index (χ2v) is 12.2. The van der Waals surface area contributed by atoms with Gasteiger partial charge in [-0.1, -0.05) is 0 Å². The van der Waals surface area contributed by atoms with Crippen LogP contribution in [0.4, 0.5) is 4.79 Å². The number of pyridine rings is 1. The number of carbonyl (C=O) groups excluding carboxylic acids is 3. The summed E-state index contributed by atoms with van der Waals surface area (Å²) < 4.78 is 21.8. The van der Waals surface area contributed by atoms with E-state index >= 15 is 0 Å². The standard InChI is InChI=1S/C27H32N4O7S2/c1-9-36-23(32)15-10-11-16(21-30-18(13-39-21)24(33)35-8)28-19(15)17-12-40-22(29-17)20-14(2)37-27(6,7)31(20)25(34)38-26(3,4)5/h10-14,20H,9H2,1-8H3/t14-,20+/m1/s1. The van der Waals surface area contributed by atoms with Crippen molar-refractivity contribution in [2.24, 2.45) is 0 Å². The third-order valence-electron chi connectivity index (χ3n) is 5.89. The Morgan fingerprint density at radius 1 is 1.05 bits per heavy atom. The molecule has 0 radical (unpaired) electrons. The predicted molar refractivity (Wildman–Crippen MR) is 149 cm³/mol. The fraction of sp³-hybridized carbons (Fsp3) is 0.481. The lowest BCUT2D eigenvalue weighted by atomic mass is 10.1. The Labute approximate surface area is 240 Å². The van der Waals surface area contributed by atoms with E-state index < -0.39 is 35.4 Å². The lowest BCUT2D eigenvalue weighted by Gasteiger charge is -2.34. The second-order valence-electron chi connectivity index (χ2n) is 10.5. The maximum absolute atomic E-state index is 13.3. The van der Waals surface area contributed by atoms with Crippen molar-refractivity contribution in [3.05, 3.63) is 39.2 Å². The zero-order valence-corrected chi connectivity index (χ0v) is 25.3. The maximum atomic E-state index is 13.3. The number of hydrogen-bond acceptors (Lipinski definition) is 12. The van der Waals surface area contributed by atoms with E-state index in [0.717, 1.165) is 0 Å². The summed E-state index contributed by atoms with van der Waals surface area (Å²) in [5.41, 5.74) is -0.0663. The third kappa shape index (κ3) is 6.01. The van der Waals surface area contributed by atoms with Gasteiger partial charge < -0.3 is 18.9 Å². The first-order valence-electron chi connectivity index (χ1n) is 12.6. The number of nitrogens with zero attached hydrogens (tertiary/aromatic N) is 4. The van der Waals surface area contributed by atoms with Crippen molar-refractivity contribution in [2.45, 2.75) is 71.9 Å².